The molecule has 154 valence electrons. The van der Waals surface area contributed by atoms with E-state index in [0.29, 0.717) is 21.7 Å². The molecule has 4 rings (SSSR count). The highest BCUT2D eigenvalue weighted by molar-refractivity contribution is 7.07. The molecule has 0 fully saturated rings. The number of hydrogen-bond donors (Lipinski definition) is 1. The van der Waals surface area contributed by atoms with E-state index >= 15 is 0 Å². The number of anilines is 1. The topological polar surface area (TPSA) is 81.9 Å². The maximum atomic E-state index is 12.5. The fraction of sp³-hybridized carbons (Fsp3) is 0.227. The van der Waals surface area contributed by atoms with E-state index in [-0.39, 0.29) is 18.1 Å². The molecule has 1 amide bonds. The van der Waals surface area contributed by atoms with Crippen LogP contribution in [0.4, 0.5) is 5.69 Å². The molecule has 1 aromatic heterocycles. The van der Waals surface area contributed by atoms with Crippen LogP contribution in [-0.4, -0.2) is 30.7 Å². The van der Waals surface area contributed by atoms with Gasteiger partial charge in [0.2, 0.25) is 0 Å². The van der Waals surface area contributed by atoms with Gasteiger partial charge < -0.3 is 14.8 Å². The molecular formula is C22H21N3O4S. The van der Waals surface area contributed by atoms with E-state index in [1.807, 2.05) is 30.3 Å². The number of para-hydroxylation sites is 2. The Morgan fingerprint density at radius 1 is 1.23 bits per heavy atom. The highest BCUT2D eigenvalue weighted by atomic mass is 32.1. The molecular weight excluding hydrogens is 402 g/mol. The van der Waals surface area contributed by atoms with Gasteiger partial charge in [-0.3, -0.25) is 19.1 Å². The van der Waals surface area contributed by atoms with Crippen LogP contribution in [0.5, 0.6) is 11.5 Å². The average Bonchev–Trinajstić information content (AvgIpc) is 3.09. The number of nitrogens with one attached hydrogen (secondary N) is 1. The number of hydrogen-bond acceptors (Lipinski definition) is 6. The summed E-state index contributed by atoms with van der Waals surface area (Å²) < 4.78 is 13.2. The van der Waals surface area contributed by atoms with Crippen LogP contribution in [0.2, 0.25) is 0 Å². The highest BCUT2D eigenvalue weighted by Crippen LogP contribution is 2.23. The van der Waals surface area contributed by atoms with Crippen LogP contribution in [-0.2, 0) is 11.3 Å². The third-order valence-electron chi connectivity index (χ3n) is 4.60. The Hall–Kier alpha value is -3.39. The average molecular weight is 423 g/mol. The van der Waals surface area contributed by atoms with E-state index in [2.05, 4.69) is 10.3 Å². The second-order valence-electron chi connectivity index (χ2n) is 6.69. The Bertz CT molecular complexity index is 1230. The summed E-state index contributed by atoms with van der Waals surface area (Å²) in [5.74, 6) is 0.875. The summed E-state index contributed by atoms with van der Waals surface area (Å²) in [4.78, 5) is 29.8. The second-order valence-corrected chi connectivity index (χ2v) is 7.70. The third-order valence-corrected chi connectivity index (χ3v) is 5.65. The third kappa shape index (κ3) is 4.44. The van der Waals surface area contributed by atoms with Gasteiger partial charge in [0.1, 0.15) is 11.5 Å². The molecule has 1 aliphatic heterocycles. The minimum Gasteiger partial charge on any atom is -0.495 e. The normalized spacial score (nSPS) is 13.3. The summed E-state index contributed by atoms with van der Waals surface area (Å²) in [7, 11) is 1.55. The van der Waals surface area contributed by atoms with Crippen LogP contribution in [0.25, 0.3) is 6.08 Å². The van der Waals surface area contributed by atoms with Crippen molar-refractivity contribution in [2.75, 3.05) is 25.6 Å². The molecule has 30 heavy (non-hydrogen) atoms. The molecule has 2 heterocycles. The number of aromatic nitrogens is 1. The lowest BCUT2D eigenvalue weighted by Gasteiger charge is -2.10. The first-order valence-electron chi connectivity index (χ1n) is 9.55. The van der Waals surface area contributed by atoms with Crippen molar-refractivity contribution >= 4 is 29.0 Å². The van der Waals surface area contributed by atoms with Gasteiger partial charge in [0.15, 0.2) is 11.4 Å². The summed E-state index contributed by atoms with van der Waals surface area (Å²) in [5.41, 5.74) is 1.49. The Balaban J connectivity index is 1.40. The summed E-state index contributed by atoms with van der Waals surface area (Å²) >= 11 is 1.41. The minimum atomic E-state index is -0.281. The summed E-state index contributed by atoms with van der Waals surface area (Å²) in [6.45, 7) is 1.38. The van der Waals surface area contributed by atoms with E-state index < -0.39 is 0 Å². The largest absolute Gasteiger partial charge is 0.495 e. The zero-order valence-electron chi connectivity index (χ0n) is 16.5. The van der Waals surface area contributed by atoms with Gasteiger partial charge in [0, 0.05) is 13.1 Å². The van der Waals surface area contributed by atoms with Gasteiger partial charge in [-0.2, -0.15) is 0 Å². The molecule has 0 unspecified atom stereocenters. The van der Waals surface area contributed by atoms with Gasteiger partial charge in [-0.15, -0.1) is 0 Å². The van der Waals surface area contributed by atoms with Crippen molar-refractivity contribution in [3.05, 3.63) is 73.8 Å². The fourth-order valence-electron chi connectivity index (χ4n) is 3.12. The first-order valence-corrected chi connectivity index (χ1v) is 10.4. The molecule has 0 bridgehead atoms. The van der Waals surface area contributed by atoms with E-state index in [1.165, 1.54) is 11.3 Å². The Morgan fingerprint density at radius 2 is 2.03 bits per heavy atom. The SMILES string of the molecule is COc1ccccc1NC(=O)COc1ccc(/C=c2/sc3n(c2=O)CCCN=3)cc1. The standard InChI is InChI=1S/C22H21N3O4S/c1-28-18-6-3-2-5-17(18)24-20(26)14-29-16-9-7-15(8-10-16)13-19-21(27)25-12-4-11-23-22(25)30-19/h2-3,5-10,13H,4,11-12,14H2,1H3,(H,24,26)/b19-13+. The van der Waals surface area contributed by atoms with Crippen LogP contribution < -0.4 is 29.7 Å². The van der Waals surface area contributed by atoms with Crippen molar-refractivity contribution in [1.82, 2.24) is 4.57 Å². The molecule has 0 atom stereocenters. The predicted octanol–water partition coefficient (Wildman–Crippen LogP) is 1.79. The van der Waals surface area contributed by atoms with Gasteiger partial charge in [-0.05, 0) is 42.3 Å². The van der Waals surface area contributed by atoms with Crippen molar-refractivity contribution < 1.29 is 14.3 Å². The van der Waals surface area contributed by atoms with Crippen LogP contribution in [0.15, 0.2) is 58.3 Å². The number of methoxy groups -OCH3 is 1. The first kappa shape index (κ1) is 19.9. The van der Waals surface area contributed by atoms with Crippen molar-refractivity contribution in [3.63, 3.8) is 0 Å². The van der Waals surface area contributed by atoms with Crippen molar-refractivity contribution in [2.45, 2.75) is 13.0 Å². The van der Waals surface area contributed by atoms with Crippen LogP contribution in [0.3, 0.4) is 0 Å². The van der Waals surface area contributed by atoms with Crippen LogP contribution in [0, 0.1) is 0 Å². The number of amides is 1. The second kappa shape index (κ2) is 8.96. The van der Waals surface area contributed by atoms with E-state index in [0.717, 1.165) is 29.9 Å². The lowest BCUT2D eigenvalue weighted by Crippen LogP contribution is -2.33. The Labute approximate surface area is 176 Å². The monoisotopic (exact) mass is 423 g/mol. The highest BCUT2D eigenvalue weighted by Gasteiger charge is 2.09. The summed E-state index contributed by atoms with van der Waals surface area (Å²) in [6.07, 6.45) is 2.76. The number of nitrogens with zero attached hydrogens (tertiary/aromatic N) is 2. The van der Waals surface area contributed by atoms with E-state index in [4.69, 9.17) is 9.47 Å². The quantitative estimate of drug-likeness (QED) is 0.655. The van der Waals surface area contributed by atoms with Crippen LogP contribution in [0.1, 0.15) is 12.0 Å². The fourth-order valence-corrected chi connectivity index (χ4v) is 4.15. The van der Waals surface area contributed by atoms with Crippen LogP contribution >= 0.6 is 11.3 Å². The number of benzene rings is 2. The molecule has 8 heteroatoms. The molecule has 2 aromatic carbocycles. The lowest BCUT2D eigenvalue weighted by atomic mass is 10.2. The summed E-state index contributed by atoms with van der Waals surface area (Å²) in [5, 5.41) is 2.77. The minimum absolute atomic E-state index is 0.00628. The molecule has 1 N–H and O–H groups in total. The Morgan fingerprint density at radius 3 is 2.80 bits per heavy atom. The number of rotatable bonds is 6. The maximum absolute atomic E-state index is 12.5. The van der Waals surface area contributed by atoms with Gasteiger partial charge in [0.05, 0.1) is 17.3 Å². The molecule has 0 radical (unpaired) electrons. The van der Waals surface area contributed by atoms with Crippen molar-refractivity contribution in [3.8, 4) is 11.5 Å². The maximum Gasteiger partial charge on any atom is 0.270 e. The van der Waals surface area contributed by atoms with Gasteiger partial charge >= 0.3 is 0 Å². The molecule has 0 spiro atoms. The van der Waals surface area contributed by atoms with Crippen molar-refractivity contribution in [2.24, 2.45) is 4.99 Å². The zero-order chi connectivity index (χ0) is 20.9. The predicted molar refractivity (Wildman–Crippen MR) is 116 cm³/mol. The molecule has 0 saturated heterocycles. The zero-order valence-corrected chi connectivity index (χ0v) is 17.3. The molecule has 0 saturated carbocycles. The molecule has 3 aromatic rings. The number of fused-ring (bicyclic) bond motifs is 1. The number of ether oxygens (including phenoxy) is 2. The molecule has 7 nitrogen and oxygen atoms in total. The number of thiazole rings is 1. The summed E-state index contributed by atoms with van der Waals surface area (Å²) in [6, 6.07) is 14.4. The van der Waals surface area contributed by atoms with Crippen molar-refractivity contribution in [1.29, 1.82) is 0 Å². The number of carbonyl (C=O) groups is 1. The lowest BCUT2D eigenvalue weighted by molar-refractivity contribution is -0.118. The number of carbonyl (C=O) groups excluding carboxylic acids is 1. The van der Waals surface area contributed by atoms with E-state index in [1.54, 1.807) is 35.9 Å². The molecule has 1 aliphatic rings. The van der Waals surface area contributed by atoms with E-state index in [9.17, 15) is 9.59 Å². The molecule has 0 aliphatic carbocycles. The van der Waals surface area contributed by atoms with Gasteiger partial charge in [-0.25, -0.2) is 0 Å². The van der Waals surface area contributed by atoms with Gasteiger partial charge in [0.25, 0.3) is 11.5 Å². The first-order chi connectivity index (χ1) is 14.6. The smallest absolute Gasteiger partial charge is 0.270 e. The van der Waals surface area contributed by atoms with Gasteiger partial charge in [-0.1, -0.05) is 35.6 Å². The Kier molecular flexibility index (Phi) is 5.94.